The number of amides is 1. The molecule has 1 N–H and O–H groups in total. The van der Waals surface area contributed by atoms with Gasteiger partial charge in [0.1, 0.15) is 17.9 Å². The van der Waals surface area contributed by atoms with E-state index in [2.05, 4.69) is 15.6 Å². The summed E-state index contributed by atoms with van der Waals surface area (Å²) in [4.78, 5) is 24.2. The Morgan fingerprint density at radius 1 is 1.15 bits per heavy atom. The number of halogens is 1. The number of rotatable bonds is 7. The minimum Gasteiger partial charge on any atom is -0.492 e. The number of aryl methyl sites for hydroxylation is 1. The molecule has 0 bridgehead atoms. The van der Waals surface area contributed by atoms with Crippen LogP contribution >= 0.6 is 11.6 Å². The maximum atomic E-state index is 12.3. The van der Waals surface area contributed by atoms with Gasteiger partial charge in [0.25, 0.3) is 5.56 Å². The van der Waals surface area contributed by atoms with Crippen molar-refractivity contribution in [1.82, 2.24) is 20.3 Å². The van der Waals surface area contributed by atoms with Crippen molar-refractivity contribution in [2.75, 3.05) is 13.2 Å². The molecule has 1 heterocycles. The van der Waals surface area contributed by atoms with E-state index in [1.807, 2.05) is 0 Å². The van der Waals surface area contributed by atoms with Gasteiger partial charge in [-0.25, -0.2) is 4.68 Å². The van der Waals surface area contributed by atoms with Gasteiger partial charge in [-0.05, 0) is 36.4 Å². The molecule has 1 aromatic heterocycles. The van der Waals surface area contributed by atoms with Crippen molar-refractivity contribution >= 4 is 28.4 Å². The van der Waals surface area contributed by atoms with Crippen molar-refractivity contribution < 1.29 is 9.53 Å². The Morgan fingerprint density at radius 2 is 1.92 bits per heavy atom. The van der Waals surface area contributed by atoms with Gasteiger partial charge in [-0.15, -0.1) is 5.10 Å². The second kappa shape index (κ2) is 8.44. The number of carbonyl (C=O) groups excluding carboxylic acids is 1. The molecule has 2 aromatic carbocycles. The molecular weight excluding hydrogens is 356 g/mol. The first-order valence-corrected chi connectivity index (χ1v) is 8.49. The lowest BCUT2D eigenvalue weighted by atomic mass is 10.2. The zero-order chi connectivity index (χ0) is 18.4. The van der Waals surface area contributed by atoms with E-state index in [0.717, 1.165) is 0 Å². The van der Waals surface area contributed by atoms with Crippen molar-refractivity contribution in [3.05, 3.63) is 63.9 Å². The summed E-state index contributed by atoms with van der Waals surface area (Å²) in [6.07, 6.45) is 0.133. The standard InChI is InChI=1S/C18H17ClN4O3/c19-13-5-7-14(8-6-13)26-12-10-20-17(24)9-11-23-18(25)15-3-1-2-4-16(15)21-22-23/h1-8H,9-12H2,(H,20,24). The van der Waals surface area contributed by atoms with E-state index in [0.29, 0.717) is 34.8 Å². The lowest BCUT2D eigenvalue weighted by molar-refractivity contribution is -0.121. The maximum absolute atomic E-state index is 12.3. The Balaban J connectivity index is 1.45. The SMILES string of the molecule is O=C(CCn1nnc2ccccc2c1=O)NCCOc1ccc(Cl)cc1. The number of hydrogen-bond acceptors (Lipinski definition) is 5. The summed E-state index contributed by atoms with van der Waals surface area (Å²) in [6, 6.07) is 14.0. The predicted octanol–water partition coefficient (Wildman–Crippen LogP) is 2.03. The van der Waals surface area contributed by atoms with Crippen LogP contribution in [0.1, 0.15) is 6.42 Å². The minimum absolute atomic E-state index is 0.133. The second-order valence-corrected chi connectivity index (χ2v) is 5.97. The molecule has 0 aliphatic carbocycles. The smallest absolute Gasteiger partial charge is 0.277 e. The minimum atomic E-state index is -0.255. The number of fused-ring (bicyclic) bond motifs is 1. The molecule has 0 saturated carbocycles. The van der Waals surface area contributed by atoms with Crippen LogP contribution in [0, 0.1) is 0 Å². The Labute approximate surface area is 154 Å². The molecule has 0 spiro atoms. The van der Waals surface area contributed by atoms with Gasteiger partial charge in [0.15, 0.2) is 0 Å². The van der Waals surface area contributed by atoms with Crippen LogP contribution in [0.15, 0.2) is 53.3 Å². The maximum Gasteiger partial charge on any atom is 0.277 e. The summed E-state index contributed by atoms with van der Waals surface area (Å²) < 4.78 is 6.69. The monoisotopic (exact) mass is 372 g/mol. The zero-order valence-electron chi connectivity index (χ0n) is 13.9. The molecule has 26 heavy (non-hydrogen) atoms. The Morgan fingerprint density at radius 3 is 2.73 bits per heavy atom. The molecule has 0 aliphatic heterocycles. The van der Waals surface area contributed by atoms with Crippen LogP contribution < -0.4 is 15.6 Å². The zero-order valence-corrected chi connectivity index (χ0v) is 14.6. The van der Waals surface area contributed by atoms with Gasteiger partial charge >= 0.3 is 0 Å². The number of ether oxygens (including phenoxy) is 1. The van der Waals surface area contributed by atoms with Crippen molar-refractivity contribution in [3.8, 4) is 5.75 Å². The quantitative estimate of drug-likeness (QED) is 0.641. The summed E-state index contributed by atoms with van der Waals surface area (Å²) in [7, 11) is 0. The number of benzene rings is 2. The van der Waals surface area contributed by atoms with Gasteiger partial charge in [0, 0.05) is 11.4 Å². The fraction of sp³-hybridized carbons (Fsp3) is 0.222. The summed E-state index contributed by atoms with van der Waals surface area (Å²) in [5.74, 6) is 0.494. The summed E-state index contributed by atoms with van der Waals surface area (Å²) in [5, 5.41) is 11.7. The average Bonchev–Trinajstić information content (AvgIpc) is 2.66. The number of carbonyl (C=O) groups is 1. The third-order valence-corrected chi connectivity index (χ3v) is 3.94. The first-order valence-electron chi connectivity index (χ1n) is 8.11. The highest BCUT2D eigenvalue weighted by Crippen LogP contribution is 2.15. The highest BCUT2D eigenvalue weighted by molar-refractivity contribution is 6.30. The number of hydrogen-bond donors (Lipinski definition) is 1. The van der Waals surface area contributed by atoms with Crippen molar-refractivity contribution in [2.24, 2.45) is 0 Å². The van der Waals surface area contributed by atoms with Gasteiger partial charge in [-0.2, -0.15) is 0 Å². The molecule has 0 saturated heterocycles. The highest BCUT2D eigenvalue weighted by atomic mass is 35.5. The van der Waals surface area contributed by atoms with E-state index < -0.39 is 0 Å². The van der Waals surface area contributed by atoms with E-state index in [-0.39, 0.29) is 24.4 Å². The Hall–Kier alpha value is -2.93. The molecule has 1 amide bonds. The lowest BCUT2D eigenvalue weighted by Gasteiger charge is -2.08. The average molecular weight is 373 g/mol. The van der Waals surface area contributed by atoms with Crippen LogP contribution in [0.2, 0.25) is 5.02 Å². The molecule has 0 radical (unpaired) electrons. The van der Waals surface area contributed by atoms with Gasteiger partial charge in [0.2, 0.25) is 5.91 Å². The molecule has 134 valence electrons. The van der Waals surface area contributed by atoms with Gasteiger partial charge < -0.3 is 10.1 Å². The van der Waals surface area contributed by atoms with E-state index in [4.69, 9.17) is 16.3 Å². The topological polar surface area (TPSA) is 86.1 Å². The summed E-state index contributed by atoms with van der Waals surface area (Å²) in [5.41, 5.74) is 0.284. The first-order chi connectivity index (χ1) is 12.6. The highest BCUT2D eigenvalue weighted by Gasteiger charge is 2.07. The van der Waals surface area contributed by atoms with E-state index in [9.17, 15) is 9.59 Å². The fourth-order valence-corrected chi connectivity index (χ4v) is 2.48. The van der Waals surface area contributed by atoms with E-state index in [1.165, 1.54) is 4.68 Å². The van der Waals surface area contributed by atoms with E-state index in [1.54, 1.807) is 48.5 Å². The normalized spacial score (nSPS) is 10.7. The molecule has 3 rings (SSSR count). The Bertz CT molecular complexity index is 957. The number of nitrogens with zero attached hydrogens (tertiary/aromatic N) is 3. The van der Waals surface area contributed by atoms with Gasteiger partial charge in [0.05, 0.1) is 18.5 Å². The molecule has 0 fully saturated rings. The van der Waals surface area contributed by atoms with Crippen LogP contribution in [-0.4, -0.2) is 34.1 Å². The number of nitrogens with one attached hydrogen (secondary N) is 1. The van der Waals surface area contributed by atoms with Crippen LogP contribution in [-0.2, 0) is 11.3 Å². The molecular formula is C18H17ClN4O3. The van der Waals surface area contributed by atoms with Crippen molar-refractivity contribution in [1.29, 1.82) is 0 Å². The molecule has 0 atom stereocenters. The molecule has 0 unspecified atom stereocenters. The molecule has 8 heteroatoms. The third-order valence-electron chi connectivity index (χ3n) is 3.69. The van der Waals surface area contributed by atoms with Crippen LogP contribution in [0.5, 0.6) is 5.75 Å². The molecule has 7 nitrogen and oxygen atoms in total. The van der Waals surface area contributed by atoms with Crippen LogP contribution in [0.25, 0.3) is 10.9 Å². The first kappa shape index (κ1) is 17.9. The van der Waals surface area contributed by atoms with Gasteiger partial charge in [-0.1, -0.05) is 28.9 Å². The van der Waals surface area contributed by atoms with Gasteiger partial charge in [-0.3, -0.25) is 9.59 Å². The molecule has 3 aromatic rings. The number of aromatic nitrogens is 3. The van der Waals surface area contributed by atoms with Crippen LogP contribution in [0.4, 0.5) is 0 Å². The van der Waals surface area contributed by atoms with Crippen LogP contribution in [0.3, 0.4) is 0 Å². The Kier molecular flexibility index (Phi) is 5.80. The summed E-state index contributed by atoms with van der Waals surface area (Å²) in [6.45, 7) is 0.864. The summed E-state index contributed by atoms with van der Waals surface area (Å²) >= 11 is 5.80. The second-order valence-electron chi connectivity index (χ2n) is 5.54. The van der Waals surface area contributed by atoms with E-state index >= 15 is 0 Å². The largest absolute Gasteiger partial charge is 0.492 e. The van der Waals surface area contributed by atoms with Crippen molar-refractivity contribution in [2.45, 2.75) is 13.0 Å². The fourth-order valence-electron chi connectivity index (χ4n) is 2.36. The molecule has 0 aliphatic rings. The predicted molar refractivity (Wildman–Crippen MR) is 98.4 cm³/mol. The third kappa shape index (κ3) is 4.58. The lowest BCUT2D eigenvalue weighted by Crippen LogP contribution is -2.31. The van der Waals surface area contributed by atoms with Crippen molar-refractivity contribution in [3.63, 3.8) is 0 Å².